The first-order valence-corrected chi connectivity index (χ1v) is 13.0. The number of pyridine rings is 2. The maximum Gasteiger partial charge on any atom is 0.319 e. The normalized spacial score (nSPS) is 13.4. The molecule has 37 heavy (non-hydrogen) atoms. The van der Waals surface area contributed by atoms with Gasteiger partial charge in [-0.25, -0.2) is 9.18 Å². The smallest absolute Gasteiger partial charge is 0.319 e. The van der Waals surface area contributed by atoms with Gasteiger partial charge in [-0.05, 0) is 49.1 Å². The van der Waals surface area contributed by atoms with E-state index in [4.69, 9.17) is 9.47 Å². The molecule has 1 saturated carbocycles. The van der Waals surface area contributed by atoms with E-state index in [1.807, 2.05) is 24.4 Å². The number of benzene rings is 1. The van der Waals surface area contributed by atoms with Gasteiger partial charge in [0.25, 0.3) is 0 Å². The van der Waals surface area contributed by atoms with E-state index in [2.05, 4.69) is 25.9 Å². The number of urea groups is 1. The van der Waals surface area contributed by atoms with E-state index >= 15 is 0 Å². The van der Waals surface area contributed by atoms with Gasteiger partial charge in [-0.3, -0.25) is 9.97 Å². The van der Waals surface area contributed by atoms with Crippen LogP contribution in [0.15, 0.2) is 54.9 Å². The molecule has 192 valence electrons. The number of anilines is 1. The largest absolute Gasteiger partial charge is 0.453 e. The molecule has 0 saturated heterocycles. The van der Waals surface area contributed by atoms with Gasteiger partial charge in [0.2, 0.25) is 0 Å². The number of hydrogen-bond acceptors (Lipinski definition) is 7. The van der Waals surface area contributed by atoms with Gasteiger partial charge in [0.1, 0.15) is 5.75 Å². The maximum atomic E-state index is 14.8. The van der Waals surface area contributed by atoms with E-state index in [0.717, 1.165) is 52.2 Å². The molecule has 5 rings (SSSR count). The summed E-state index contributed by atoms with van der Waals surface area (Å²) in [5, 5.41) is 8.84. The standard InChI is InChI=1S/C27H28FN5O3S/c1-35-12-11-29-15-17-5-7-21(31-16-17)25-14-22-26(37-25)24(9-10-30-22)36-23-8-6-19(13-20(23)28)33-27(34)32-18-3-2-4-18/h5-10,13-14,16,18,29H,2-4,11-12,15H2,1H3,(H2,32,33,34). The van der Waals surface area contributed by atoms with Crippen molar-refractivity contribution in [2.45, 2.75) is 31.8 Å². The van der Waals surface area contributed by atoms with E-state index in [1.165, 1.54) is 23.5 Å². The number of amides is 2. The Hall–Kier alpha value is -3.60. The van der Waals surface area contributed by atoms with Gasteiger partial charge >= 0.3 is 6.03 Å². The number of carbonyl (C=O) groups excluding carboxylic acids is 1. The summed E-state index contributed by atoms with van der Waals surface area (Å²) < 4.78 is 26.6. The van der Waals surface area contributed by atoms with E-state index in [9.17, 15) is 9.18 Å². The van der Waals surface area contributed by atoms with Gasteiger partial charge in [-0.15, -0.1) is 11.3 Å². The molecule has 1 aliphatic rings. The highest BCUT2D eigenvalue weighted by Crippen LogP contribution is 2.39. The van der Waals surface area contributed by atoms with E-state index in [1.54, 1.807) is 25.4 Å². The predicted octanol–water partition coefficient (Wildman–Crippen LogP) is 5.70. The molecule has 0 bridgehead atoms. The Morgan fingerprint density at radius 1 is 1.14 bits per heavy atom. The zero-order valence-corrected chi connectivity index (χ0v) is 21.2. The average Bonchev–Trinajstić information content (AvgIpc) is 3.32. The number of nitrogens with zero attached hydrogens (tertiary/aromatic N) is 2. The molecule has 0 atom stereocenters. The first kappa shape index (κ1) is 25.1. The van der Waals surface area contributed by atoms with Crippen molar-refractivity contribution in [3.05, 3.63) is 66.2 Å². The van der Waals surface area contributed by atoms with Crippen LogP contribution >= 0.6 is 11.3 Å². The highest BCUT2D eigenvalue weighted by molar-refractivity contribution is 7.22. The molecule has 3 N–H and O–H groups in total. The Bertz CT molecular complexity index is 1370. The Balaban J connectivity index is 1.27. The second kappa shape index (κ2) is 11.6. The number of aromatic nitrogens is 2. The van der Waals surface area contributed by atoms with Gasteiger partial charge in [0.05, 0.1) is 27.4 Å². The van der Waals surface area contributed by atoms with Crippen LogP contribution in [0.3, 0.4) is 0 Å². The number of hydrogen-bond donors (Lipinski definition) is 3. The van der Waals surface area contributed by atoms with Gasteiger partial charge in [-0.2, -0.15) is 0 Å². The lowest BCUT2D eigenvalue weighted by molar-refractivity contribution is 0.199. The summed E-state index contributed by atoms with van der Waals surface area (Å²) >= 11 is 1.49. The summed E-state index contributed by atoms with van der Waals surface area (Å²) in [4.78, 5) is 22.0. The molecular weight excluding hydrogens is 493 g/mol. The minimum atomic E-state index is -0.570. The van der Waals surface area contributed by atoms with Crippen LogP contribution in [0, 0.1) is 5.82 Å². The number of thiophene rings is 1. The van der Waals surface area contributed by atoms with E-state index < -0.39 is 5.82 Å². The summed E-state index contributed by atoms with van der Waals surface area (Å²) in [5.74, 6) is -0.00190. The second-order valence-electron chi connectivity index (χ2n) is 8.83. The Labute approximate surface area is 218 Å². The van der Waals surface area contributed by atoms with Crippen molar-refractivity contribution in [3.8, 4) is 22.1 Å². The van der Waals surface area contributed by atoms with E-state index in [0.29, 0.717) is 24.6 Å². The molecule has 10 heteroatoms. The molecule has 0 radical (unpaired) electrons. The highest BCUT2D eigenvalue weighted by atomic mass is 32.1. The third kappa shape index (κ3) is 6.22. The predicted molar refractivity (Wildman–Crippen MR) is 143 cm³/mol. The molecule has 3 aromatic heterocycles. The van der Waals surface area contributed by atoms with Crippen LogP contribution < -0.4 is 20.7 Å². The molecule has 1 aromatic carbocycles. The highest BCUT2D eigenvalue weighted by Gasteiger charge is 2.20. The lowest BCUT2D eigenvalue weighted by Gasteiger charge is -2.26. The quantitative estimate of drug-likeness (QED) is 0.232. The Kier molecular flexibility index (Phi) is 7.88. The van der Waals surface area contributed by atoms with Crippen LogP contribution in [-0.4, -0.2) is 42.3 Å². The summed E-state index contributed by atoms with van der Waals surface area (Å²) in [6.07, 6.45) is 6.56. The molecule has 4 aromatic rings. The molecule has 0 aliphatic heterocycles. The van der Waals surface area contributed by atoms with Crippen molar-refractivity contribution in [2.75, 3.05) is 25.6 Å². The molecule has 1 aliphatic carbocycles. The zero-order chi connectivity index (χ0) is 25.6. The molecule has 8 nitrogen and oxygen atoms in total. The molecule has 2 amide bonds. The minimum Gasteiger partial charge on any atom is -0.453 e. The van der Waals surface area contributed by atoms with Crippen LogP contribution in [0.25, 0.3) is 20.8 Å². The van der Waals surface area contributed by atoms with Crippen LogP contribution in [0.2, 0.25) is 0 Å². The van der Waals surface area contributed by atoms with E-state index in [-0.39, 0.29) is 17.8 Å². The Morgan fingerprint density at radius 2 is 2.03 bits per heavy atom. The van der Waals surface area contributed by atoms with Crippen LogP contribution in [0.4, 0.5) is 14.9 Å². The summed E-state index contributed by atoms with van der Waals surface area (Å²) in [6.45, 7) is 2.15. The molecule has 0 unspecified atom stereocenters. The number of rotatable bonds is 10. The van der Waals surface area contributed by atoms with Crippen LogP contribution in [-0.2, 0) is 11.3 Å². The lowest BCUT2D eigenvalue weighted by atomic mass is 9.93. The fourth-order valence-corrected chi connectivity index (χ4v) is 4.93. The molecular formula is C27H28FN5O3S. The summed E-state index contributed by atoms with van der Waals surface area (Å²) in [6, 6.07) is 11.9. The average molecular weight is 522 g/mol. The number of carbonyl (C=O) groups is 1. The summed E-state index contributed by atoms with van der Waals surface area (Å²) in [7, 11) is 1.68. The Morgan fingerprint density at radius 3 is 2.76 bits per heavy atom. The van der Waals surface area contributed by atoms with Gasteiger partial charge in [0, 0.05) is 56.5 Å². The van der Waals surface area contributed by atoms with Crippen molar-refractivity contribution in [2.24, 2.45) is 0 Å². The van der Waals surface area contributed by atoms with Crippen molar-refractivity contribution in [1.29, 1.82) is 0 Å². The molecule has 1 fully saturated rings. The fourth-order valence-electron chi connectivity index (χ4n) is 3.89. The van der Waals surface area contributed by atoms with Crippen LogP contribution in [0.1, 0.15) is 24.8 Å². The van der Waals surface area contributed by atoms with Gasteiger partial charge < -0.3 is 25.4 Å². The molecule has 0 spiro atoms. The number of ether oxygens (including phenoxy) is 2. The van der Waals surface area contributed by atoms with Gasteiger partial charge in [0.15, 0.2) is 11.6 Å². The monoisotopic (exact) mass is 521 g/mol. The lowest BCUT2D eigenvalue weighted by Crippen LogP contribution is -2.41. The first-order valence-electron chi connectivity index (χ1n) is 12.2. The number of methoxy groups -OCH3 is 1. The number of fused-ring (bicyclic) bond motifs is 1. The third-order valence-electron chi connectivity index (χ3n) is 6.12. The number of halogens is 1. The number of nitrogens with one attached hydrogen (secondary N) is 3. The van der Waals surface area contributed by atoms with Crippen LogP contribution in [0.5, 0.6) is 11.5 Å². The summed E-state index contributed by atoms with van der Waals surface area (Å²) in [5.41, 5.74) is 3.02. The third-order valence-corrected chi connectivity index (χ3v) is 7.28. The fraction of sp³-hybridized carbons (Fsp3) is 0.296. The zero-order valence-electron chi connectivity index (χ0n) is 20.4. The first-order chi connectivity index (χ1) is 18.1. The van der Waals surface area contributed by atoms with Gasteiger partial charge in [-0.1, -0.05) is 6.07 Å². The topological polar surface area (TPSA) is 97.4 Å². The maximum absolute atomic E-state index is 14.8. The second-order valence-corrected chi connectivity index (χ2v) is 9.88. The minimum absolute atomic E-state index is 0.0656. The van der Waals surface area contributed by atoms with Crippen molar-refractivity contribution in [3.63, 3.8) is 0 Å². The SMILES string of the molecule is COCCNCc1ccc(-c2cc3nccc(Oc4ccc(NC(=O)NC5CCC5)cc4F)c3s2)nc1. The van der Waals surface area contributed by atoms with Crippen molar-refractivity contribution >= 4 is 33.3 Å². The van der Waals surface area contributed by atoms with Crippen molar-refractivity contribution in [1.82, 2.24) is 20.6 Å². The molecule has 3 heterocycles. The van der Waals surface area contributed by atoms with Crippen molar-refractivity contribution < 1.29 is 18.7 Å².